The molecule has 2 saturated heterocycles. The Balaban J connectivity index is 1.38. The van der Waals surface area contributed by atoms with Crippen molar-refractivity contribution in [1.29, 1.82) is 0 Å². The second kappa shape index (κ2) is 4.94. The van der Waals surface area contributed by atoms with Crippen molar-refractivity contribution in [1.82, 2.24) is 15.5 Å². The van der Waals surface area contributed by atoms with Crippen LogP contribution in [0.2, 0.25) is 0 Å². The Hall–Kier alpha value is -0.610. The van der Waals surface area contributed by atoms with Gasteiger partial charge in [0, 0.05) is 37.6 Å². The smallest absolute Gasteiger partial charge is 0.221 e. The van der Waals surface area contributed by atoms with Crippen LogP contribution in [-0.4, -0.2) is 48.6 Å². The van der Waals surface area contributed by atoms with Crippen molar-refractivity contribution in [3.63, 3.8) is 0 Å². The van der Waals surface area contributed by atoms with Crippen LogP contribution in [0, 0.1) is 0 Å². The van der Waals surface area contributed by atoms with Crippen LogP contribution in [0.5, 0.6) is 0 Å². The van der Waals surface area contributed by atoms with Crippen molar-refractivity contribution >= 4 is 5.91 Å². The average molecular weight is 237 g/mol. The van der Waals surface area contributed by atoms with Gasteiger partial charge in [0.2, 0.25) is 5.91 Å². The van der Waals surface area contributed by atoms with Crippen molar-refractivity contribution in [3.8, 4) is 0 Å². The lowest BCUT2D eigenvalue weighted by atomic mass is 10.1. The van der Waals surface area contributed by atoms with E-state index in [4.69, 9.17) is 0 Å². The van der Waals surface area contributed by atoms with Crippen LogP contribution < -0.4 is 10.6 Å². The summed E-state index contributed by atoms with van der Waals surface area (Å²) in [5.41, 5.74) is 0. The first-order valence-corrected chi connectivity index (χ1v) is 7.10. The molecule has 4 nitrogen and oxygen atoms in total. The number of nitrogens with one attached hydrogen (secondary N) is 2. The van der Waals surface area contributed by atoms with Crippen LogP contribution in [0.4, 0.5) is 0 Å². The maximum Gasteiger partial charge on any atom is 0.221 e. The highest BCUT2D eigenvalue weighted by atomic mass is 16.1. The molecule has 0 bridgehead atoms. The summed E-state index contributed by atoms with van der Waals surface area (Å²) in [4.78, 5) is 14.4. The zero-order chi connectivity index (χ0) is 11.7. The van der Waals surface area contributed by atoms with E-state index in [1.165, 1.54) is 38.8 Å². The van der Waals surface area contributed by atoms with E-state index in [2.05, 4.69) is 15.5 Å². The molecule has 0 aromatic carbocycles. The maximum atomic E-state index is 11.8. The molecule has 0 spiro atoms. The van der Waals surface area contributed by atoms with Gasteiger partial charge in [-0.1, -0.05) is 0 Å². The van der Waals surface area contributed by atoms with Gasteiger partial charge in [-0.2, -0.15) is 0 Å². The second-order valence-electron chi connectivity index (χ2n) is 5.69. The third-order valence-corrected chi connectivity index (χ3v) is 4.31. The minimum atomic E-state index is 0.233. The lowest BCUT2D eigenvalue weighted by Crippen LogP contribution is -2.43. The fraction of sp³-hybridized carbons (Fsp3) is 0.923. The van der Waals surface area contributed by atoms with E-state index in [1.807, 2.05) is 0 Å². The number of carbonyl (C=O) groups excluding carboxylic acids is 1. The number of carbonyl (C=O) groups is 1. The predicted octanol–water partition coefficient (Wildman–Crippen LogP) is 0.481. The molecule has 0 aromatic heterocycles. The molecule has 2 atom stereocenters. The van der Waals surface area contributed by atoms with Gasteiger partial charge in [-0.05, 0) is 38.6 Å². The summed E-state index contributed by atoms with van der Waals surface area (Å²) >= 11 is 0. The molecule has 2 aliphatic heterocycles. The van der Waals surface area contributed by atoms with Gasteiger partial charge in [0.1, 0.15) is 0 Å². The molecule has 0 radical (unpaired) electrons. The van der Waals surface area contributed by atoms with Gasteiger partial charge in [-0.25, -0.2) is 0 Å². The lowest BCUT2D eigenvalue weighted by Gasteiger charge is -2.21. The zero-order valence-corrected chi connectivity index (χ0v) is 10.5. The topological polar surface area (TPSA) is 44.4 Å². The van der Waals surface area contributed by atoms with Gasteiger partial charge in [-0.3, -0.25) is 9.69 Å². The Kier molecular flexibility index (Phi) is 3.34. The summed E-state index contributed by atoms with van der Waals surface area (Å²) in [6, 6.07) is 1.76. The average Bonchev–Trinajstić information content (AvgIpc) is 2.88. The molecular formula is C13H23N3O. The SMILES string of the molecule is O=C(CCNC1CC1)NC1CCN2CCCC12. The van der Waals surface area contributed by atoms with Crippen molar-refractivity contribution in [3.05, 3.63) is 0 Å². The molecule has 2 N–H and O–H groups in total. The fourth-order valence-electron chi connectivity index (χ4n) is 3.21. The molecule has 2 heterocycles. The van der Waals surface area contributed by atoms with Crippen LogP contribution in [-0.2, 0) is 4.79 Å². The van der Waals surface area contributed by atoms with Gasteiger partial charge in [0.05, 0.1) is 0 Å². The molecule has 96 valence electrons. The van der Waals surface area contributed by atoms with E-state index in [0.717, 1.165) is 13.0 Å². The molecule has 3 fully saturated rings. The molecule has 1 saturated carbocycles. The summed E-state index contributed by atoms with van der Waals surface area (Å²) in [6.07, 6.45) is 6.94. The lowest BCUT2D eigenvalue weighted by molar-refractivity contribution is -0.121. The Morgan fingerprint density at radius 1 is 1.18 bits per heavy atom. The van der Waals surface area contributed by atoms with E-state index >= 15 is 0 Å². The summed E-state index contributed by atoms with van der Waals surface area (Å²) in [5, 5.41) is 6.61. The van der Waals surface area contributed by atoms with E-state index in [9.17, 15) is 4.79 Å². The van der Waals surface area contributed by atoms with Gasteiger partial charge >= 0.3 is 0 Å². The summed E-state index contributed by atoms with van der Waals surface area (Å²) in [5.74, 6) is 0.233. The summed E-state index contributed by atoms with van der Waals surface area (Å²) in [6.45, 7) is 3.26. The third kappa shape index (κ3) is 2.80. The molecule has 0 aromatic rings. The van der Waals surface area contributed by atoms with Crippen LogP contribution in [0.25, 0.3) is 0 Å². The van der Waals surface area contributed by atoms with E-state index < -0.39 is 0 Å². The highest BCUT2D eigenvalue weighted by molar-refractivity contribution is 5.76. The first kappa shape index (κ1) is 11.5. The van der Waals surface area contributed by atoms with Gasteiger partial charge in [0.25, 0.3) is 0 Å². The van der Waals surface area contributed by atoms with Crippen LogP contribution in [0.15, 0.2) is 0 Å². The third-order valence-electron chi connectivity index (χ3n) is 4.31. The first-order chi connectivity index (χ1) is 8.33. The molecular weight excluding hydrogens is 214 g/mol. The van der Waals surface area contributed by atoms with Gasteiger partial charge < -0.3 is 10.6 Å². The largest absolute Gasteiger partial charge is 0.352 e. The highest BCUT2D eigenvalue weighted by Crippen LogP contribution is 2.27. The summed E-state index contributed by atoms with van der Waals surface area (Å²) < 4.78 is 0. The second-order valence-corrected chi connectivity index (χ2v) is 5.69. The van der Waals surface area contributed by atoms with E-state index in [1.54, 1.807) is 0 Å². The number of rotatable bonds is 5. The molecule has 3 rings (SSSR count). The number of hydrogen-bond acceptors (Lipinski definition) is 3. The Morgan fingerprint density at radius 2 is 2.06 bits per heavy atom. The van der Waals surface area contributed by atoms with Crippen molar-refractivity contribution in [2.75, 3.05) is 19.6 Å². The standard InChI is InChI=1S/C13H23N3O/c17-13(5-7-14-10-3-4-10)15-11-6-9-16-8-1-2-12(11)16/h10-12,14H,1-9H2,(H,15,17). The fourth-order valence-corrected chi connectivity index (χ4v) is 3.21. The number of amides is 1. The number of nitrogens with zero attached hydrogens (tertiary/aromatic N) is 1. The molecule has 4 heteroatoms. The minimum Gasteiger partial charge on any atom is -0.352 e. The molecule has 1 amide bonds. The van der Waals surface area contributed by atoms with E-state index in [0.29, 0.717) is 24.5 Å². The monoisotopic (exact) mass is 237 g/mol. The number of fused-ring (bicyclic) bond motifs is 1. The van der Waals surface area contributed by atoms with E-state index in [-0.39, 0.29) is 5.91 Å². The van der Waals surface area contributed by atoms with Gasteiger partial charge in [0.15, 0.2) is 0 Å². The molecule has 3 aliphatic rings. The number of hydrogen-bond donors (Lipinski definition) is 2. The quantitative estimate of drug-likeness (QED) is 0.731. The van der Waals surface area contributed by atoms with Crippen molar-refractivity contribution in [2.45, 2.75) is 56.7 Å². The minimum absolute atomic E-state index is 0.233. The van der Waals surface area contributed by atoms with Crippen LogP contribution in [0.3, 0.4) is 0 Å². The van der Waals surface area contributed by atoms with Crippen molar-refractivity contribution < 1.29 is 4.79 Å². The Bertz CT molecular complexity index is 290. The predicted molar refractivity (Wildman–Crippen MR) is 66.8 cm³/mol. The summed E-state index contributed by atoms with van der Waals surface area (Å²) in [7, 11) is 0. The molecule has 17 heavy (non-hydrogen) atoms. The maximum absolute atomic E-state index is 11.8. The normalized spacial score (nSPS) is 32.7. The van der Waals surface area contributed by atoms with Gasteiger partial charge in [-0.15, -0.1) is 0 Å². The van der Waals surface area contributed by atoms with Crippen LogP contribution >= 0.6 is 0 Å². The van der Waals surface area contributed by atoms with Crippen molar-refractivity contribution in [2.24, 2.45) is 0 Å². The van der Waals surface area contributed by atoms with Crippen LogP contribution in [0.1, 0.15) is 38.5 Å². The Labute approximate surface area is 103 Å². The molecule has 2 unspecified atom stereocenters. The Morgan fingerprint density at radius 3 is 2.88 bits per heavy atom. The molecule has 1 aliphatic carbocycles. The zero-order valence-electron chi connectivity index (χ0n) is 10.5. The highest BCUT2D eigenvalue weighted by Gasteiger charge is 2.37. The first-order valence-electron chi connectivity index (χ1n) is 7.10.